The van der Waals surface area contributed by atoms with Crippen LogP contribution in [0.1, 0.15) is 122 Å². The Morgan fingerprint density at radius 3 is 2.17 bits per heavy atom. The molecule has 13 nitrogen and oxygen atoms in total. The molecule has 1 unspecified atom stereocenters. The maximum absolute atomic E-state index is 14.0. The fourth-order valence-electron chi connectivity index (χ4n) is 6.33. The van der Waals surface area contributed by atoms with E-state index in [-0.39, 0.29) is 29.5 Å². The van der Waals surface area contributed by atoms with E-state index in [0.29, 0.717) is 32.2 Å². The van der Waals surface area contributed by atoms with Gasteiger partial charge in [0, 0.05) is 25.0 Å². The second-order valence-electron chi connectivity index (χ2n) is 13.7. The molecule has 1 aromatic heterocycles. The summed E-state index contributed by atoms with van der Waals surface area (Å²) in [6.45, 7) is 10.2. The highest BCUT2D eigenvalue weighted by atomic mass is 16.3. The van der Waals surface area contributed by atoms with E-state index in [1.54, 1.807) is 0 Å². The molecule has 2 heterocycles. The number of likely N-dealkylation sites (tertiary alicyclic amines) is 1. The van der Waals surface area contributed by atoms with Crippen LogP contribution in [0.4, 0.5) is 0 Å². The largest absolute Gasteiger partial charge is 0.381 e. The number of hydrogen-bond donors (Lipinski definition) is 5. The summed E-state index contributed by atoms with van der Waals surface area (Å²) in [5.41, 5.74) is 0.102. The van der Waals surface area contributed by atoms with E-state index in [1.165, 1.54) is 29.9 Å². The minimum Gasteiger partial charge on any atom is -0.381 e. The van der Waals surface area contributed by atoms with Gasteiger partial charge in [0.25, 0.3) is 11.8 Å². The van der Waals surface area contributed by atoms with Gasteiger partial charge in [0.2, 0.25) is 17.7 Å². The van der Waals surface area contributed by atoms with Crippen molar-refractivity contribution < 1.29 is 29.1 Å². The summed E-state index contributed by atoms with van der Waals surface area (Å²) in [6, 6.07) is -3.28. The van der Waals surface area contributed by atoms with E-state index in [1.807, 2.05) is 20.8 Å². The molecule has 0 aromatic carbocycles. The number of carbonyl (C=O) groups excluding carboxylic acids is 5. The lowest BCUT2D eigenvalue weighted by Crippen LogP contribution is -2.60. The molecule has 1 aromatic rings. The maximum Gasteiger partial charge on any atom is 0.272 e. The molecule has 268 valence electrons. The van der Waals surface area contributed by atoms with Crippen LogP contribution in [0.15, 0.2) is 18.6 Å². The second kappa shape index (κ2) is 19.4. The van der Waals surface area contributed by atoms with E-state index >= 15 is 0 Å². The molecule has 13 heteroatoms. The number of nitrogens with one attached hydrogen (secondary N) is 4. The predicted octanol–water partition coefficient (Wildman–Crippen LogP) is 2.63. The standard InChI is InChI=1S/C32H49N7O6.C3H8/c1-4-9-22(27(40)31(44)35-21-13-14-21)36-29(42)24-12-8-17-39(24)32(45)25(19(2)3)37-30(43)26(20-10-6-5-7-11-20)38-28(41)23-18-33-15-16-34-23;1-3-2/h15-16,18-22,24-27,40H,4-14,17H2,1-3H3,(H,35,44)(H,36,42)(H,37,43)(H,38,41);3H2,1-2H3/t22-,24-,25-,26-,27?;/m0./s1. The normalized spacial score (nSPS) is 20.4. The lowest BCUT2D eigenvalue weighted by molar-refractivity contribution is -0.143. The van der Waals surface area contributed by atoms with Crippen molar-refractivity contribution in [3.8, 4) is 0 Å². The SMILES string of the molecule is CCC.CCC[C@H](NC(=O)[C@@H]1CCCN1C(=O)[C@@H](NC(=O)[C@@H](NC(=O)c1cnccn1)C1CCCCC1)C(C)C)C(O)C(=O)NC1CC1. The number of aromatic nitrogens is 2. The molecule has 0 spiro atoms. The zero-order valence-electron chi connectivity index (χ0n) is 29.4. The Morgan fingerprint density at radius 2 is 1.58 bits per heavy atom. The molecule has 5 amide bonds. The van der Waals surface area contributed by atoms with Gasteiger partial charge in [-0.2, -0.15) is 0 Å². The molecule has 1 aliphatic heterocycles. The molecule has 3 aliphatic rings. The van der Waals surface area contributed by atoms with Gasteiger partial charge < -0.3 is 31.3 Å². The van der Waals surface area contributed by atoms with Gasteiger partial charge in [-0.1, -0.05) is 66.7 Å². The Morgan fingerprint density at radius 1 is 0.896 bits per heavy atom. The molecular weight excluding hydrogens is 614 g/mol. The summed E-state index contributed by atoms with van der Waals surface area (Å²) in [4.78, 5) is 76.3. The smallest absolute Gasteiger partial charge is 0.272 e. The van der Waals surface area contributed by atoms with Crippen LogP contribution in [-0.4, -0.2) is 92.4 Å². The number of amides is 5. The third-order valence-electron chi connectivity index (χ3n) is 9.06. The van der Waals surface area contributed by atoms with Crippen LogP contribution >= 0.6 is 0 Å². The van der Waals surface area contributed by atoms with Gasteiger partial charge in [-0.15, -0.1) is 0 Å². The van der Waals surface area contributed by atoms with Crippen molar-refractivity contribution in [3.63, 3.8) is 0 Å². The minimum atomic E-state index is -1.39. The molecule has 5 N–H and O–H groups in total. The average molecular weight is 672 g/mol. The monoisotopic (exact) mass is 671 g/mol. The van der Waals surface area contributed by atoms with E-state index < -0.39 is 53.9 Å². The number of rotatable bonds is 14. The van der Waals surface area contributed by atoms with Crippen molar-refractivity contribution in [2.24, 2.45) is 11.8 Å². The third-order valence-corrected chi connectivity index (χ3v) is 9.06. The van der Waals surface area contributed by atoms with Crippen molar-refractivity contribution in [1.29, 1.82) is 0 Å². The fourth-order valence-corrected chi connectivity index (χ4v) is 6.33. The van der Waals surface area contributed by atoms with Gasteiger partial charge >= 0.3 is 0 Å². The molecule has 0 bridgehead atoms. The average Bonchev–Trinajstić information content (AvgIpc) is 3.76. The quantitative estimate of drug-likeness (QED) is 0.200. The number of carbonyl (C=O) groups is 5. The number of aliphatic hydroxyl groups is 1. The van der Waals surface area contributed by atoms with Crippen LogP contribution in [0, 0.1) is 11.8 Å². The Hall–Kier alpha value is -3.61. The Bertz CT molecular complexity index is 1210. The zero-order valence-corrected chi connectivity index (χ0v) is 29.4. The fraction of sp³-hybridized carbons (Fsp3) is 0.743. The number of aliphatic hydroxyl groups excluding tert-OH is 1. The van der Waals surface area contributed by atoms with E-state index in [9.17, 15) is 29.1 Å². The molecule has 2 saturated carbocycles. The lowest BCUT2D eigenvalue weighted by atomic mass is 9.83. The summed E-state index contributed by atoms with van der Waals surface area (Å²) in [5.74, 6) is -2.65. The van der Waals surface area contributed by atoms with Gasteiger partial charge in [-0.25, -0.2) is 4.98 Å². The highest BCUT2D eigenvalue weighted by Gasteiger charge is 2.42. The summed E-state index contributed by atoms with van der Waals surface area (Å²) >= 11 is 0. The number of hydrogen-bond acceptors (Lipinski definition) is 8. The third kappa shape index (κ3) is 11.2. The van der Waals surface area contributed by atoms with Crippen molar-refractivity contribution in [1.82, 2.24) is 36.1 Å². The summed E-state index contributed by atoms with van der Waals surface area (Å²) in [5, 5.41) is 22.1. The highest BCUT2D eigenvalue weighted by Crippen LogP contribution is 2.28. The molecule has 1 saturated heterocycles. The molecule has 5 atom stereocenters. The first kappa shape index (κ1) is 38.8. The maximum atomic E-state index is 14.0. The van der Waals surface area contributed by atoms with Gasteiger partial charge in [0.1, 0.15) is 23.8 Å². The molecular formula is C35H57N7O6. The molecule has 0 radical (unpaired) electrons. The number of nitrogens with zero attached hydrogens (tertiary/aromatic N) is 3. The molecule has 48 heavy (non-hydrogen) atoms. The van der Waals surface area contributed by atoms with Gasteiger partial charge in [-0.05, 0) is 56.8 Å². The van der Waals surface area contributed by atoms with Gasteiger partial charge in [-0.3, -0.25) is 29.0 Å². The first-order valence-corrected chi connectivity index (χ1v) is 18.0. The first-order valence-electron chi connectivity index (χ1n) is 18.0. The Labute approximate surface area is 285 Å². The van der Waals surface area contributed by atoms with Crippen LogP contribution in [-0.2, 0) is 19.2 Å². The predicted molar refractivity (Wildman–Crippen MR) is 181 cm³/mol. The lowest BCUT2D eigenvalue weighted by Gasteiger charge is -2.34. The molecule has 3 fully saturated rings. The molecule has 4 rings (SSSR count). The topological polar surface area (TPSA) is 183 Å². The van der Waals surface area contributed by atoms with E-state index in [4.69, 9.17) is 0 Å². The van der Waals surface area contributed by atoms with Crippen molar-refractivity contribution in [2.45, 2.75) is 148 Å². The second-order valence-corrected chi connectivity index (χ2v) is 13.7. The Kier molecular flexibility index (Phi) is 15.7. The summed E-state index contributed by atoms with van der Waals surface area (Å²) in [6.07, 6.45) is 12.4. The van der Waals surface area contributed by atoms with Crippen molar-refractivity contribution in [3.05, 3.63) is 24.3 Å². The van der Waals surface area contributed by atoms with Gasteiger partial charge in [0.15, 0.2) is 6.10 Å². The van der Waals surface area contributed by atoms with Crippen LogP contribution in [0.5, 0.6) is 0 Å². The minimum absolute atomic E-state index is 0.0781. The highest BCUT2D eigenvalue weighted by molar-refractivity contribution is 5.98. The van der Waals surface area contributed by atoms with E-state index in [0.717, 1.165) is 44.9 Å². The summed E-state index contributed by atoms with van der Waals surface area (Å²) in [7, 11) is 0. The van der Waals surface area contributed by atoms with Crippen LogP contribution < -0.4 is 21.3 Å². The van der Waals surface area contributed by atoms with Crippen LogP contribution in [0.25, 0.3) is 0 Å². The van der Waals surface area contributed by atoms with Crippen molar-refractivity contribution in [2.75, 3.05) is 6.54 Å². The van der Waals surface area contributed by atoms with E-state index in [2.05, 4.69) is 45.1 Å². The Balaban J connectivity index is 0.00000201. The van der Waals surface area contributed by atoms with Gasteiger partial charge in [0.05, 0.1) is 12.2 Å². The van der Waals surface area contributed by atoms with Crippen LogP contribution in [0.3, 0.4) is 0 Å². The summed E-state index contributed by atoms with van der Waals surface area (Å²) < 4.78 is 0. The van der Waals surface area contributed by atoms with Crippen LogP contribution in [0.2, 0.25) is 0 Å². The van der Waals surface area contributed by atoms with Crippen molar-refractivity contribution >= 4 is 29.5 Å². The zero-order chi connectivity index (χ0) is 35.2. The molecule has 2 aliphatic carbocycles. The first-order chi connectivity index (χ1) is 23.0.